The Hall–Kier alpha value is -1.85. The van der Waals surface area contributed by atoms with Gasteiger partial charge in [-0.2, -0.15) is 5.10 Å². The third-order valence-electron chi connectivity index (χ3n) is 3.59. The molecule has 6 heteroatoms. The van der Waals surface area contributed by atoms with Crippen molar-refractivity contribution in [3.05, 3.63) is 17.5 Å². The number of hydrogen-bond acceptors (Lipinski definition) is 3. The van der Waals surface area contributed by atoms with Crippen LogP contribution in [0, 0.1) is 5.41 Å². The number of aromatic nitrogens is 2. The van der Waals surface area contributed by atoms with Crippen LogP contribution < -0.4 is 5.32 Å². The molecule has 0 saturated carbocycles. The highest BCUT2D eigenvalue weighted by Gasteiger charge is 2.34. The lowest BCUT2D eigenvalue weighted by Gasteiger charge is -2.31. The van der Waals surface area contributed by atoms with Crippen LogP contribution in [-0.4, -0.2) is 39.6 Å². The van der Waals surface area contributed by atoms with Crippen molar-refractivity contribution in [2.24, 2.45) is 12.5 Å². The zero-order chi connectivity index (χ0) is 15.8. The molecule has 21 heavy (non-hydrogen) atoms. The monoisotopic (exact) mass is 292 g/mol. The first-order chi connectivity index (χ1) is 9.67. The van der Waals surface area contributed by atoms with E-state index in [9.17, 15) is 9.59 Å². The summed E-state index contributed by atoms with van der Waals surface area (Å²) in [5, 5.41) is 7.39. The zero-order valence-electron chi connectivity index (χ0n) is 13.4. The minimum Gasteiger partial charge on any atom is -0.355 e. The molecule has 0 saturated heterocycles. The molecule has 0 radical (unpaired) electrons. The van der Waals surface area contributed by atoms with Crippen LogP contribution in [0.4, 0.5) is 0 Å². The van der Waals surface area contributed by atoms with E-state index in [-0.39, 0.29) is 23.1 Å². The summed E-state index contributed by atoms with van der Waals surface area (Å²) in [6.07, 6.45) is 1.88. The molecule has 0 fully saturated rings. The average Bonchev–Trinajstić information content (AvgIpc) is 2.73. The Morgan fingerprint density at radius 2 is 2.10 bits per heavy atom. The summed E-state index contributed by atoms with van der Waals surface area (Å²) in [6.45, 7) is 9.28. The second-order valence-corrected chi connectivity index (χ2v) is 6.94. The van der Waals surface area contributed by atoms with Gasteiger partial charge < -0.3 is 10.2 Å². The number of carbonyl (C=O) groups is 2. The first kappa shape index (κ1) is 15.5. The minimum absolute atomic E-state index is 0.0156. The molecular weight excluding hydrogens is 268 g/mol. The summed E-state index contributed by atoms with van der Waals surface area (Å²) < 4.78 is 1.71. The Kier molecular flexibility index (Phi) is 4.07. The van der Waals surface area contributed by atoms with Gasteiger partial charge in [0.2, 0.25) is 11.8 Å². The summed E-state index contributed by atoms with van der Waals surface area (Å²) in [5.41, 5.74) is 1.77. The predicted octanol–water partition coefficient (Wildman–Crippen LogP) is 1.03. The normalized spacial score (nSPS) is 18.3. The van der Waals surface area contributed by atoms with Gasteiger partial charge in [0.05, 0.1) is 11.6 Å². The van der Waals surface area contributed by atoms with Crippen LogP contribution in [0.1, 0.15) is 44.9 Å². The smallest absolute Gasteiger partial charge is 0.231 e. The number of nitrogens with one attached hydrogen (secondary N) is 1. The van der Waals surface area contributed by atoms with Gasteiger partial charge in [0, 0.05) is 45.4 Å². The van der Waals surface area contributed by atoms with Crippen LogP contribution in [0.2, 0.25) is 0 Å². The van der Waals surface area contributed by atoms with E-state index >= 15 is 0 Å². The Morgan fingerprint density at radius 1 is 1.43 bits per heavy atom. The second-order valence-electron chi connectivity index (χ2n) is 6.94. The molecule has 1 aliphatic rings. The van der Waals surface area contributed by atoms with Gasteiger partial charge in [-0.15, -0.1) is 0 Å². The van der Waals surface area contributed by atoms with Crippen molar-refractivity contribution in [2.45, 2.75) is 40.2 Å². The largest absolute Gasteiger partial charge is 0.355 e. The van der Waals surface area contributed by atoms with Crippen LogP contribution >= 0.6 is 0 Å². The fraction of sp³-hybridized carbons (Fsp3) is 0.667. The van der Waals surface area contributed by atoms with Crippen molar-refractivity contribution in [1.29, 1.82) is 0 Å². The Labute approximate surface area is 125 Å². The highest BCUT2D eigenvalue weighted by atomic mass is 16.2. The van der Waals surface area contributed by atoms with E-state index in [1.54, 1.807) is 9.58 Å². The van der Waals surface area contributed by atoms with E-state index in [4.69, 9.17) is 0 Å². The molecule has 1 aromatic rings. The molecule has 0 aromatic carbocycles. The predicted molar refractivity (Wildman–Crippen MR) is 79.5 cm³/mol. The van der Waals surface area contributed by atoms with Crippen LogP contribution in [0.25, 0.3) is 0 Å². The second kappa shape index (κ2) is 5.50. The molecule has 1 aromatic heterocycles. The molecule has 0 spiro atoms. The summed E-state index contributed by atoms with van der Waals surface area (Å²) in [5.74, 6) is -0.463. The molecule has 0 aliphatic carbocycles. The summed E-state index contributed by atoms with van der Waals surface area (Å²) in [6, 6.07) is 0. The third kappa shape index (κ3) is 3.62. The lowest BCUT2D eigenvalue weighted by atomic mass is 9.93. The molecule has 6 nitrogen and oxygen atoms in total. The number of hydrogen-bond donors (Lipinski definition) is 1. The molecule has 1 atom stereocenters. The summed E-state index contributed by atoms with van der Waals surface area (Å²) in [7, 11) is 1.83. The van der Waals surface area contributed by atoms with Crippen molar-refractivity contribution in [2.75, 3.05) is 13.1 Å². The number of amides is 2. The molecule has 1 aliphatic heterocycles. The number of aryl methyl sites for hydroxylation is 1. The summed E-state index contributed by atoms with van der Waals surface area (Å²) >= 11 is 0. The SMILES string of the molecule is CC(=O)N1Cc2cn(C)nc2C(C(=O)NCC(C)(C)C)C1. The van der Waals surface area contributed by atoms with E-state index in [1.807, 2.05) is 13.2 Å². The Bertz CT molecular complexity index is 557. The molecule has 1 N–H and O–H groups in total. The molecule has 2 heterocycles. The first-order valence-corrected chi connectivity index (χ1v) is 7.23. The Balaban J connectivity index is 2.20. The van der Waals surface area contributed by atoms with Crippen molar-refractivity contribution < 1.29 is 9.59 Å². The van der Waals surface area contributed by atoms with Gasteiger partial charge in [-0.3, -0.25) is 14.3 Å². The molecule has 2 amide bonds. The van der Waals surface area contributed by atoms with Gasteiger partial charge in [-0.05, 0) is 5.41 Å². The van der Waals surface area contributed by atoms with Gasteiger partial charge in [-0.1, -0.05) is 20.8 Å². The number of carbonyl (C=O) groups excluding carboxylic acids is 2. The van der Waals surface area contributed by atoms with E-state index in [0.29, 0.717) is 19.6 Å². The van der Waals surface area contributed by atoms with Gasteiger partial charge in [0.25, 0.3) is 0 Å². The highest BCUT2D eigenvalue weighted by molar-refractivity contribution is 5.85. The molecular formula is C15H24N4O2. The first-order valence-electron chi connectivity index (χ1n) is 7.23. The lowest BCUT2D eigenvalue weighted by Crippen LogP contribution is -2.44. The topological polar surface area (TPSA) is 67.2 Å². The Morgan fingerprint density at radius 3 is 2.67 bits per heavy atom. The highest BCUT2D eigenvalue weighted by Crippen LogP contribution is 2.27. The van der Waals surface area contributed by atoms with Crippen LogP contribution in [0.15, 0.2) is 6.20 Å². The molecule has 116 valence electrons. The van der Waals surface area contributed by atoms with Gasteiger partial charge in [-0.25, -0.2) is 0 Å². The van der Waals surface area contributed by atoms with Crippen molar-refractivity contribution >= 4 is 11.8 Å². The van der Waals surface area contributed by atoms with Crippen molar-refractivity contribution in [3.8, 4) is 0 Å². The maximum atomic E-state index is 12.5. The van der Waals surface area contributed by atoms with E-state index in [0.717, 1.165) is 11.3 Å². The molecule has 2 rings (SSSR count). The van der Waals surface area contributed by atoms with Crippen LogP contribution in [0.5, 0.6) is 0 Å². The molecule has 0 bridgehead atoms. The number of rotatable bonds is 2. The van der Waals surface area contributed by atoms with Crippen LogP contribution in [-0.2, 0) is 23.2 Å². The van der Waals surface area contributed by atoms with E-state index in [2.05, 4.69) is 31.2 Å². The van der Waals surface area contributed by atoms with Crippen molar-refractivity contribution in [3.63, 3.8) is 0 Å². The van der Waals surface area contributed by atoms with E-state index < -0.39 is 0 Å². The zero-order valence-corrected chi connectivity index (χ0v) is 13.4. The van der Waals surface area contributed by atoms with Crippen LogP contribution in [0.3, 0.4) is 0 Å². The van der Waals surface area contributed by atoms with Crippen molar-refractivity contribution in [1.82, 2.24) is 20.0 Å². The van der Waals surface area contributed by atoms with E-state index in [1.165, 1.54) is 6.92 Å². The maximum absolute atomic E-state index is 12.5. The fourth-order valence-corrected chi connectivity index (χ4v) is 2.47. The standard InChI is InChI=1S/C15H24N4O2/c1-10(20)19-7-11-6-18(5)17-13(11)12(8-19)14(21)16-9-15(2,3)4/h6,12H,7-9H2,1-5H3,(H,16,21). The number of fused-ring (bicyclic) bond motifs is 1. The van der Waals surface area contributed by atoms with Gasteiger partial charge in [0.1, 0.15) is 0 Å². The maximum Gasteiger partial charge on any atom is 0.231 e. The average molecular weight is 292 g/mol. The van der Waals surface area contributed by atoms with Gasteiger partial charge in [0.15, 0.2) is 0 Å². The lowest BCUT2D eigenvalue weighted by molar-refractivity contribution is -0.131. The quantitative estimate of drug-likeness (QED) is 0.885. The number of nitrogens with zero attached hydrogens (tertiary/aromatic N) is 3. The summed E-state index contributed by atoms with van der Waals surface area (Å²) in [4.78, 5) is 25.9. The third-order valence-corrected chi connectivity index (χ3v) is 3.59. The molecule has 1 unspecified atom stereocenters. The van der Waals surface area contributed by atoms with Gasteiger partial charge >= 0.3 is 0 Å². The minimum atomic E-state index is -0.388. The fourth-order valence-electron chi connectivity index (χ4n) is 2.47.